The summed E-state index contributed by atoms with van der Waals surface area (Å²) in [7, 11) is 1.59. The fourth-order valence-corrected chi connectivity index (χ4v) is 2.80. The van der Waals surface area contributed by atoms with Crippen LogP contribution in [-0.2, 0) is 17.8 Å². The molecular formula is C16H20N2O3S. The lowest BCUT2D eigenvalue weighted by molar-refractivity contribution is 0.0911. The van der Waals surface area contributed by atoms with Crippen molar-refractivity contribution >= 4 is 17.2 Å². The first kappa shape index (κ1) is 16.6. The van der Waals surface area contributed by atoms with Crippen LogP contribution in [0.5, 0.6) is 0 Å². The molecule has 2 rings (SSSR count). The monoisotopic (exact) mass is 320 g/mol. The van der Waals surface area contributed by atoms with Crippen molar-refractivity contribution in [1.29, 1.82) is 0 Å². The minimum absolute atomic E-state index is 0.160. The van der Waals surface area contributed by atoms with E-state index in [1.54, 1.807) is 12.5 Å². The third-order valence-electron chi connectivity index (χ3n) is 3.33. The Morgan fingerprint density at radius 1 is 1.41 bits per heavy atom. The molecule has 0 spiro atoms. The fourth-order valence-electron chi connectivity index (χ4n) is 2.06. The van der Waals surface area contributed by atoms with Crippen molar-refractivity contribution in [2.45, 2.75) is 26.0 Å². The van der Waals surface area contributed by atoms with Gasteiger partial charge in [0.15, 0.2) is 0 Å². The second-order valence-electron chi connectivity index (χ2n) is 4.86. The van der Waals surface area contributed by atoms with Crippen LogP contribution >= 0.6 is 11.3 Å². The number of nitrogens with zero attached hydrogens (tertiary/aromatic N) is 1. The molecule has 0 saturated heterocycles. The molecule has 22 heavy (non-hydrogen) atoms. The summed E-state index contributed by atoms with van der Waals surface area (Å²) in [6, 6.07) is 7.42. The van der Waals surface area contributed by atoms with Crippen molar-refractivity contribution in [3.05, 3.63) is 51.5 Å². The molecule has 2 aromatic rings. The second kappa shape index (κ2) is 8.03. The smallest absolute Gasteiger partial charge is 0.271 e. The number of hydrogen-bond donors (Lipinski definition) is 2. The number of hydrogen-bond acceptors (Lipinski definition) is 5. The Labute approximate surface area is 134 Å². The van der Waals surface area contributed by atoms with Crippen LogP contribution in [0.25, 0.3) is 0 Å². The predicted molar refractivity (Wildman–Crippen MR) is 85.9 cm³/mol. The molecule has 0 aliphatic rings. The zero-order valence-electron chi connectivity index (χ0n) is 12.7. The van der Waals surface area contributed by atoms with Crippen molar-refractivity contribution in [2.24, 2.45) is 0 Å². The Bertz CT molecular complexity index is 610. The first-order chi connectivity index (χ1) is 10.7. The molecule has 0 aliphatic carbocycles. The molecule has 0 fully saturated rings. The van der Waals surface area contributed by atoms with Gasteiger partial charge in [-0.3, -0.25) is 4.79 Å². The highest BCUT2D eigenvalue weighted by molar-refractivity contribution is 7.09. The molecule has 5 nitrogen and oxygen atoms in total. The van der Waals surface area contributed by atoms with E-state index in [4.69, 9.17) is 4.74 Å². The number of amides is 1. The average Bonchev–Trinajstić information content (AvgIpc) is 3.02. The number of aryl methyl sites for hydroxylation is 1. The van der Waals surface area contributed by atoms with Crippen LogP contribution in [0, 0.1) is 0 Å². The van der Waals surface area contributed by atoms with Crippen LogP contribution in [0.3, 0.4) is 0 Å². The summed E-state index contributed by atoms with van der Waals surface area (Å²) in [5.74, 6) is -0.294. The number of thiazole rings is 1. The molecule has 1 unspecified atom stereocenters. The summed E-state index contributed by atoms with van der Waals surface area (Å²) in [5, 5.41) is 14.8. The van der Waals surface area contributed by atoms with Gasteiger partial charge in [-0.15, -0.1) is 11.3 Å². The number of aliphatic hydroxyl groups excluding tert-OH is 1. The van der Waals surface area contributed by atoms with Gasteiger partial charge in [-0.2, -0.15) is 0 Å². The lowest BCUT2D eigenvalue weighted by atomic mass is 10.0. The van der Waals surface area contributed by atoms with Crippen LogP contribution in [0.2, 0.25) is 0 Å². The Morgan fingerprint density at radius 3 is 2.73 bits per heavy atom. The third-order valence-corrected chi connectivity index (χ3v) is 4.15. The number of aromatic nitrogens is 1. The van der Waals surface area contributed by atoms with E-state index >= 15 is 0 Å². The standard InChI is InChI=1S/C16H20N2O3S/c1-3-11-4-6-12(7-5-11)13(8-19)18-16(20)14-10-22-15(17-14)9-21-2/h4-7,10,13,19H,3,8-9H2,1-2H3,(H,18,20). The fraction of sp³-hybridized carbons (Fsp3) is 0.375. The molecule has 1 aromatic carbocycles. The van der Waals surface area contributed by atoms with Gasteiger partial charge in [0.05, 0.1) is 19.3 Å². The summed E-state index contributed by atoms with van der Waals surface area (Å²) in [6.07, 6.45) is 0.956. The van der Waals surface area contributed by atoms with Gasteiger partial charge < -0.3 is 15.2 Å². The van der Waals surface area contributed by atoms with Gasteiger partial charge in [0.2, 0.25) is 0 Å². The van der Waals surface area contributed by atoms with Crippen molar-refractivity contribution < 1.29 is 14.6 Å². The SMILES string of the molecule is CCc1ccc(C(CO)NC(=O)c2csc(COC)n2)cc1. The van der Waals surface area contributed by atoms with Crippen molar-refractivity contribution in [2.75, 3.05) is 13.7 Å². The van der Waals surface area contributed by atoms with E-state index in [0.29, 0.717) is 12.3 Å². The molecule has 118 valence electrons. The van der Waals surface area contributed by atoms with Crippen molar-refractivity contribution in [3.63, 3.8) is 0 Å². The first-order valence-electron chi connectivity index (χ1n) is 7.11. The number of ether oxygens (including phenoxy) is 1. The van der Waals surface area contributed by atoms with Crippen LogP contribution in [0.1, 0.15) is 39.6 Å². The quantitative estimate of drug-likeness (QED) is 0.821. The number of aliphatic hydroxyl groups is 1. The summed E-state index contributed by atoms with van der Waals surface area (Å²) in [5.41, 5.74) is 2.44. The highest BCUT2D eigenvalue weighted by Crippen LogP contribution is 2.16. The van der Waals surface area contributed by atoms with E-state index < -0.39 is 6.04 Å². The first-order valence-corrected chi connectivity index (χ1v) is 7.99. The Balaban J connectivity index is 2.05. The van der Waals surface area contributed by atoms with Gasteiger partial charge in [0.1, 0.15) is 10.7 Å². The Kier molecular flexibility index (Phi) is 6.06. The largest absolute Gasteiger partial charge is 0.394 e. The molecule has 1 atom stereocenters. The maximum atomic E-state index is 12.2. The van der Waals surface area contributed by atoms with E-state index in [-0.39, 0.29) is 12.5 Å². The zero-order valence-corrected chi connectivity index (χ0v) is 13.5. The van der Waals surface area contributed by atoms with Gasteiger partial charge in [-0.05, 0) is 17.5 Å². The van der Waals surface area contributed by atoms with Crippen molar-refractivity contribution in [1.82, 2.24) is 10.3 Å². The zero-order chi connectivity index (χ0) is 15.9. The van der Waals surface area contributed by atoms with Gasteiger partial charge in [0, 0.05) is 12.5 Å². The van der Waals surface area contributed by atoms with Gasteiger partial charge in [-0.25, -0.2) is 4.98 Å². The van der Waals surface area contributed by atoms with E-state index in [1.165, 1.54) is 16.9 Å². The number of nitrogens with one attached hydrogen (secondary N) is 1. The summed E-state index contributed by atoms with van der Waals surface area (Å²) in [6.45, 7) is 2.31. The molecule has 0 aliphatic heterocycles. The maximum Gasteiger partial charge on any atom is 0.271 e. The number of carbonyl (C=O) groups excluding carboxylic acids is 1. The minimum Gasteiger partial charge on any atom is -0.394 e. The summed E-state index contributed by atoms with van der Waals surface area (Å²) >= 11 is 1.38. The average molecular weight is 320 g/mol. The third kappa shape index (κ3) is 4.13. The van der Waals surface area contributed by atoms with Gasteiger partial charge >= 0.3 is 0 Å². The molecule has 1 amide bonds. The van der Waals surface area contributed by atoms with E-state index in [9.17, 15) is 9.90 Å². The highest BCUT2D eigenvalue weighted by atomic mass is 32.1. The molecule has 0 saturated carbocycles. The highest BCUT2D eigenvalue weighted by Gasteiger charge is 2.17. The van der Waals surface area contributed by atoms with Crippen LogP contribution in [0.15, 0.2) is 29.6 Å². The van der Waals surface area contributed by atoms with E-state index in [2.05, 4.69) is 17.2 Å². The van der Waals surface area contributed by atoms with Crippen LogP contribution in [0.4, 0.5) is 0 Å². The van der Waals surface area contributed by atoms with Crippen LogP contribution in [-0.4, -0.2) is 29.7 Å². The topological polar surface area (TPSA) is 71.5 Å². The molecule has 1 aromatic heterocycles. The van der Waals surface area contributed by atoms with E-state index in [1.807, 2.05) is 24.3 Å². The Morgan fingerprint density at radius 2 is 2.14 bits per heavy atom. The lowest BCUT2D eigenvalue weighted by Gasteiger charge is -2.16. The van der Waals surface area contributed by atoms with Gasteiger partial charge in [-0.1, -0.05) is 31.2 Å². The minimum atomic E-state index is -0.439. The van der Waals surface area contributed by atoms with Crippen LogP contribution < -0.4 is 5.32 Å². The molecule has 1 heterocycles. The lowest BCUT2D eigenvalue weighted by Crippen LogP contribution is -2.31. The summed E-state index contributed by atoms with van der Waals surface area (Å²) < 4.78 is 4.99. The molecule has 6 heteroatoms. The number of carbonyl (C=O) groups is 1. The Hall–Kier alpha value is -1.76. The van der Waals surface area contributed by atoms with Gasteiger partial charge in [0.25, 0.3) is 5.91 Å². The van der Waals surface area contributed by atoms with E-state index in [0.717, 1.165) is 17.0 Å². The maximum absolute atomic E-state index is 12.2. The second-order valence-corrected chi connectivity index (χ2v) is 5.81. The number of rotatable bonds is 7. The number of methoxy groups -OCH3 is 1. The molecule has 2 N–H and O–H groups in total. The summed E-state index contributed by atoms with van der Waals surface area (Å²) in [4.78, 5) is 16.4. The molecular weight excluding hydrogens is 300 g/mol. The normalized spacial score (nSPS) is 12.1. The van der Waals surface area contributed by atoms with Crippen molar-refractivity contribution in [3.8, 4) is 0 Å². The molecule has 0 bridgehead atoms. The predicted octanol–water partition coefficient (Wildman–Crippen LogP) is 2.32. The molecule has 0 radical (unpaired) electrons. The number of benzene rings is 1.